The first-order valence-corrected chi connectivity index (χ1v) is 14.4. The number of hydrogen-bond donors (Lipinski definition) is 8. The summed E-state index contributed by atoms with van der Waals surface area (Å²) in [6, 6.07) is -0.886. The summed E-state index contributed by atoms with van der Waals surface area (Å²) in [5.41, 5.74) is 5.37. The Bertz CT molecular complexity index is 1080. The van der Waals surface area contributed by atoms with Gasteiger partial charge < -0.3 is 42.3 Å². The molecule has 9 N–H and O–H groups in total. The molecule has 0 bridgehead atoms. The summed E-state index contributed by atoms with van der Waals surface area (Å²) in [4.78, 5) is 64.2. The van der Waals surface area contributed by atoms with Crippen LogP contribution in [-0.4, -0.2) is 75.6 Å². The van der Waals surface area contributed by atoms with Crippen LogP contribution in [0, 0.1) is 11.8 Å². The van der Waals surface area contributed by atoms with Gasteiger partial charge in [-0.05, 0) is 68.7 Å². The van der Waals surface area contributed by atoms with Gasteiger partial charge in [0.2, 0.25) is 17.7 Å². The Morgan fingerprint density at radius 3 is 1.98 bits per heavy atom. The Kier molecular flexibility index (Phi) is 15.4. The largest absolute Gasteiger partial charge is 0.508 e. The van der Waals surface area contributed by atoms with E-state index in [0.29, 0.717) is 25.8 Å². The van der Waals surface area contributed by atoms with Crippen molar-refractivity contribution in [1.29, 1.82) is 0 Å². The molecule has 0 heterocycles. The molecule has 0 aliphatic heterocycles. The molecule has 0 spiro atoms. The summed E-state index contributed by atoms with van der Waals surface area (Å²) in [7, 11) is 0. The van der Waals surface area contributed by atoms with Gasteiger partial charge in [-0.2, -0.15) is 0 Å². The van der Waals surface area contributed by atoms with Crippen molar-refractivity contribution in [3.8, 4) is 11.5 Å². The summed E-state index contributed by atoms with van der Waals surface area (Å²) in [5, 5.41) is 39.6. The highest BCUT2D eigenvalue weighted by Crippen LogP contribution is 2.22. The van der Waals surface area contributed by atoms with E-state index in [4.69, 9.17) is 5.73 Å². The maximum atomic E-state index is 13.5. The molecule has 4 amide bonds. The fraction of sp³-hybridized carbons (Fsp3) is 0.621. The third-order valence-electron chi connectivity index (χ3n) is 6.95. The zero-order chi connectivity index (χ0) is 32.0. The first-order valence-electron chi connectivity index (χ1n) is 14.4. The van der Waals surface area contributed by atoms with Crippen LogP contribution in [0.3, 0.4) is 0 Å². The Labute approximate surface area is 247 Å². The van der Waals surface area contributed by atoms with Gasteiger partial charge in [-0.3, -0.25) is 19.2 Å². The van der Waals surface area contributed by atoms with Crippen LogP contribution in [0.2, 0.25) is 0 Å². The summed E-state index contributed by atoms with van der Waals surface area (Å²) in [5.74, 6) is -4.91. The minimum absolute atomic E-state index is 0.0152. The molecule has 0 aliphatic carbocycles. The van der Waals surface area contributed by atoms with Crippen LogP contribution in [0.1, 0.15) is 83.5 Å². The predicted molar refractivity (Wildman–Crippen MR) is 157 cm³/mol. The Hall–Kier alpha value is -3.87. The average Bonchev–Trinajstić information content (AvgIpc) is 2.93. The number of unbranched alkanes of at least 4 members (excludes halogenated alkanes) is 1. The minimum atomic E-state index is -1.19. The van der Waals surface area contributed by atoms with Gasteiger partial charge in [0.05, 0.1) is 5.56 Å². The first-order chi connectivity index (χ1) is 19.7. The van der Waals surface area contributed by atoms with Gasteiger partial charge in [-0.1, -0.05) is 41.0 Å². The van der Waals surface area contributed by atoms with Gasteiger partial charge in [-0.25, -0.2) is 4.79 Å². The van der Waals surface area contributed by atoms with Crippen LogP contribution >= 0.6 is 0 Å². The number of hydrogen-bond acceptors (Lipinski definition) is 8. The fourth-order valence-corrected chi connectivity index (χ4v) is 4.23. The van der Waals surface area contributed by atoms with Crippen LogP contribution in [0.4, 0.5) is 0 Å². The molecule has 0 saturated carbocycles. The number of carbonyl (C=O) groups is 5. The second-order valence-corrected chi connectivity index (χ2v) is 10.9. The zero-order valence-corrected chi connectivity index (χ0v) is 25.1. The number of amides is 4. The maximum absolute atomic E-state index is 13.5. The molecule has 13 nitrogen and oxygen atoms in total. The van der Waals surface area contributed by atoms with Crippen LogP contribution in [0.15, 0.2) is 18.2 Å². The fourth-order valence-electron chi connectivity index (χ4n) is 4.23. The second-order valence-electron chi connectivity index (χ2n) is 10.9. The average molecular weight is 594 g/mol. The number of benzene rings is 1. The molecule has 0 saturated heterocycles. The second kappa shape index (κ2) is 17.8. The van der Waals surface area contributed by atoms with E-state index in [-0.39, 0.29) is 48.2 Å². The number of carboxylic acids is 1. The van der Waals surface area contributed by atoms with E-state index in [2.05, 4.69) is 21.3 Å². The summed E-state index contributed by atoms with van der Waals surface area (Å²) >= 11 is 0. The number of carboxylic acid groups (broad SMARTS) is 1. The highest BCUT2D eigenvalue weighted by atomic mass is 16.4. The van der Waals surface area contributed by atoms with E-state index in [9.17, 15) is 39.3 Å². The topological polar surface area (TPSA) is 220 Å². The van der Waals surface area contributed by atoms with Crippen LogP contribution in [0.5, 0.6) is 11.5 Å². The number of phenolic OH excluding ortho intramolecular Hbond substituents is 2. The molecule has 0 aromatic heterocycles. The van der Waals surface area contributed by atoms with E-state index in [1.54, 1.807) is 13.8 Å². The molecule has 1 aromatic rings. The smallest absolute Gasteiger partial charge is 0.326 e. The molecule has 1 rings (SSSR count). The molecule has 0 unspecified atom stereocenters. The van der Waals surface area contributed by atoms with Crippen molar-refractivity contribution >= 4 is 29.6 Å². The summed E-state index contributed by atoms with van der Waals surface area (Å²) in [6.45, 7) is 9.29. The predicted octanol–water partition coefficient (Wildman–Crippen LogP) is 1.37. The van der Waals surface area contributed by atoms with Gasteiger partial charge in [-0.15, -0.1) is 0 Å². The van der Waals surface area contributed by atoms with Gasteiger partial charge in [0.15, 0.2) is 0 Å². The molecule has 0 radical (unpaired) electrons. The van der Waals surface area contributed by atoms with Crippen LogP contribution in [0.25, 0.3) is 0 Å². The van der Waals surface area contributed by atoms with Crippen molar-refractivity contribution in [3.63, 3.8) is 0 Å². The normalized spacial score (nSPS) is 14.6. The first kappa shape index (κ1) is 36.2. The van der Waals surface area contributed by atoms with Gasteiger partial charge in [0.1, 0.15) is 35.7 Å². The van der Waals surface area contributed by atoms with Gasteiger partial charge >= 0.3 is 5.97 Å². The molecular weight excluding hydrogens is 546 g/mol. The van der Waals surface area contributed by atoms with E-state index < -0.39 is 53.8 Å². The molecular formula is C29H47N5O8. The molecule has 236 valence electrons. The van der Waals surface area contributed by atoms with Crippen molar-refractivity contribution in [2.45, 2.75) is 97.3 Å². The Balaban J connectivity index is 3.19. The standard InChI is InChI=1S/C29H47N5O8/c1-6-17(5)24(28(40)33-22(14-16(3)4)27(39)31-20(7-2)29(41)42)34-26(38)21(10-8-9-13-30)32-25(37)19-15-18(35)11-12-23(19)36/h11-12,15-17,20-22,24,35-36H,6-10,13-14,30H2,1-5H3,(H,31,39)(H,32,37)(H,33,40)(H,34,38)(H,41,42)/t17-,20-,21-,22-,24-/m0/s1. The third kappa shape index (κ3) is 11.6. The lowest BCUT2D eigenvalue weighted by Gasteiger charge is -2.29. The molecule has 5 atom stereocenters. The van der Waals surface area contributed by atoms with Crippen molar-refractivity contribution in [3.05, 3.63) is 23.8 Å². The molecule has 0 aliphatic rings. The molecule has 1 aromatic carbocycles. The van der Waals surface area contributed by atoms with Gasteiger partial charge in [0.25, 0.3) is 5.91 Å². The lowest BCUT2D eigenvalue weighted by molar-refractivity contribution is -0.142. The number of aromatic hydroxyl groups is 2. The number of nitrogens with one attached hydrogen (secondary N) is 4. The van der Waals surface area contributed by atoms with Crippen molar-refractivity contribution in [2.75, 3.05) is 6.54 Å². The van der Waals surface area contributed by atoms with E-state index >= 15 is 0 Å². The highest BCUT2D eigenvalue weighted by molar-refractivity contribution is 6.00. The third-order valence-corrected chi connectivity index (χ3v) is 6.95. The van der Waals surface area contributed by atoms with Crippen LogP contribution < -0.4 is 27.0 Å². The Morgan fingerprint density at radius 1 is 0.810 bits per heavy atom. The van der Waals surface area contributed by atoms with Crippen molar-refractivity contribution in [1.82, 2.24) is 21.3 Å². The van der Waals surface area contributed by atoms with E-state index in [1.807, 2.05) is 20.8 Å². The van der Waals surface area contributed by atoms with Crippen molar-refractivity contribution < 1.29 is 39.3 Å². The van der Waals surface area contributed by atoms with Crippen molar-refractivity contribution in [2.24, 2.45) is 17.6 Å². The molecule has 0 fully saturated rings. The number of carbonyl (C=O) groups excluding carboxylic acids is 4. The lowest BCUT2D eigenvalue weighted by Crippen LogP contribution is -2.59. The number of nitrogens with two attached hydrogens (primary N) is 1. The zero-order valence-electron chi connectivity index (χ0n) is 25.1. The lowest BCUT2D eigenvalue weighted by atomic mass is 9.96. The monoisotopic (exact) mass is 593 g/mol. The number of aliphatic carboxylic acids is 1. The van der Waals surface area contributed by atoms with Crippen LogP contribution in [-0.2, 0) is 19.2 Å². The Morgan fingerprint density at radius 2 is 1.43 bits per heavy atom. The molecule has 13 heteroatoms. The quantitative estimate of drug-likeness (QED) is 0.0908. The summed E-state index contributed by atoms with van der Waals surface area (Å²) < 4.78 is 0. The maximum Gasteiger partial charge on any atom is 0.326 e. The SMILES string of the molecule is CC[C@H](NC(=O)[C@H](CC(C)C)NC(=O)[C@@H](NC(=O)[C@H](CCCCN)NC(=O)c1cc(O)ccc1O)[C@@H](C)CC)C(=O)O. The van der Waals surface area contributed by atoms with E-state index in [0.717, 1.165) is 12.1 Å². The van der Waals surface area contributed by atoms with E-state index in [1.165, 1.54) is 6.07 Å². The summed E-state index contributed by atoms with van der Waals surface area (Å²) in [6.07, 6.45) is 2.15. The highest BCUT2D eigenvalue weighted by Gasteiger charge is 2.33. The van der Waals surface area contributed by atoms with Gasteiger partial charge in [0, 0.05) is 0 Å². The number of phenols is 2. The minimum Gasteiger partial charge on any atom is -0.508 e. The number of rotatable bonds is 18. The molecule has 42 heavy (non-hydrogen) atoms.